The molecule has 0 fully saturated rings. The Morgan fingerprint density at radius 1 is 1.19 bits per heavy atom. The van der Waals surface area contributed by atoms with Crippen molar-refractivity contribution in [3.63, 3.8) is 0 Å². The third-order valence-electron chi connectivity index (χ3n) is 4.78. The van der Waals surface area contributed by atoms with Crippen LogP contribution in [0.3, 0.4) is 0 Å². The third kappa shape index (κ3) is 3.18. The number of benzene rings is 2. The molecule has 26 heavy (non-hydrogen) atoms. The standard InChI is InChI=1S/C19H21N2O5/c1-12-16-11-18(26-3)17(25-2)10-14(16)8-9-20(12)19(22)13-4-6-15(7-5-13)21(23)24/h4-7,10-12,23H,8-9H2,1-3H3/q-1/t12-/m0/s1. The number of hydrogen-bond donors (Lipinski definition) is 1. The van der Waals surface area contributed by atoms with Crippen LogP contribution in [0.4, 0.5) is 5.69 Å². The second-order valence-corrected chi connectivity index (χ2v) is 6.15. The van der Waals surface area contributed by atoms with Crippen molar-refractivity contribution in [3.05, 3.63) is 58.3 Å². The first-order chi connectivity index (χ1) is 12.5. The van der Waals surface area contributed by atoms with E-state index in [1.165, 1.54) is 24.3 Å². The number of fused-ring (bicyclic) bond motifs is 1. The van der Waals surface area contributed by atoms with Crippen molar-refractivity contribution >= 4 is 11.6 Å². The number of carbonyl (C=O) groups excluding carboxylic acids is 1. The Balaban J connectivity index is 1.88. The summed E-state index contributed by atoms with van der Waals surface area (Å²) in [6, 6.07) is 9.66. The molecule has 7 heteroatoms. The van der Waals surface area contributed by atoms with Gasteiger partial charge in [-0.3, -0.25) is 10.0 Å². The van der Waals surface area contributed by atoms with Gasteiger partial charge < -0.3 is 24.8 Å². The van der Waals surface area contributed by atoms with Crippen molar-refractivity contribution < 1.29 is 19.5 Å². The van der Waals surface area contributed by atoms with Gasteiger partial charge in [0.25, 0.3) is 5.91 Å². The average Bonchev–Trinajstić information content (AvgIpc) is 2.67. The third-order valence-corrected chi connectivity index (χ3v) is 4.78. The van der Waals surface area contributed by atoms with E-state index in [0.29, 0.717) is 23.6 Å². The molecule has 2 aromatic carbocycles. The lowest BCUT2D eigenvalue weighted by Gasteiger charge is -2.36. The molecule has 0 saturated carbocycles. The van der Waals surface area contributed by atoms with Crippen molar-refractivity contribution in [2.75, 3.05) is 26.0 Å². The summed E-state index contributed by atoms with van der Waals surface area (Å²) in [7, 11) is 3.19. The minimum Gasteiger partial charge on any atom is -0.733 e. The zero-order valence-electron chi connectivity index (χ0n) is 14.9. The molecule has 0 bridgehead atoms. The molecule has 0 unspecified atom stereocenters. The summed E-state index contributed by atoms with van der Waals surface area (Å²) in [5.74, 6) is 1.19. The van der Waals surface area contributed by atoms with Crippen molar-refractivity contribution in [3.8, 4) is 11.5 Å². The average molecular weight is 357 g/mol. The highest BCUT2D eigenvalue weighted by Crippen LogP contribution is 2.38. The van der Waals surface area contributed by atoms with Crippen LogP contribution in [0, 0.1) is 5.21 Å². The van der Waals surface area contributed by atoms with Gasteiger partial charge in [-0.2, -0.15) is 0 Å². The number of hydrogen-bond acceptors (Lipinski definition) is 6. The second-order valence-electron chi connectivity index (χ2n) is 6.15. The number of carbonyl (C=O) groups is 1. The molecule has 1 aliphatic rings. The molecular formula is C19H21N2O5-. The van der Waals surface area contributed by atoms with Gasteiger partial charge in [0.2, 0.25) is 0 Å². The second kappa shape index (κ2) is 7.23. The topological polar surface area (TPSA) is 85.3 Å². The molecule has 7 nitrogen and oxygen atoms in total. The molecule has 1 amide bonds. The molecule has 3 rings (SSSR count). The number of nitrogens with zero attached hydrogens (tertiary/aromatic N) is 2. The Labute approximate surface area is 151 Å². The summed E-state index contributed by atoms with van der Waals surface area (Å²) >= 11 is 0. The first-order valence-electron chi connectivity index (χ1n) is 8.28. The smallest absolute Gasteiger partial charge is 0.254 e. The van der Waals surface area contributed by atoms with E-state index in [-0.39, 0.29) is 22.9 Å². The van der Waals surface area contributed by atoms with Crippen LogP contribution in [-0.4, -0.2) is 36.8 Å². The van der Waals surface area contributed by atoms with Gasteiger partial charge in [0.1, 0.15) is 0 Å². The summed E-state index contributed by atoms with van der Waals surface area (Å²) in [6.45, 7) is 2.56. The van der Waals surface area contributed by atoms with Gasteiger partial charge in [-0.1, -0.05) is 0 Å². The maximum absolute atomic E-state index is 12.9. The van der Waals surface area contributed by atoms with E-state index in [1.54, 1.807) is 19.1 Å². The molecule has 0 spiro atoms. The number of methoxy groups -OCH3 is 2. The van der Waals surface area contributed by atoms with Crippen LogP contribution >= 0.6 is 0 Å². The zero-order chi connectivity index (χ0) is 18.8. The molecule has 1 aliphatic heterocycles. The maximum atomic E-state index is 12.9. The number of ether oxygens (including phenoxy) is 2. The van der Waals surface area contributed by atoms with E-state index >= 15 is 0 Å². The van der Waals surface area contributed by atoms with Crippen molar-refractivity contribution in [2.45, 2.75) is 19.4 Å². The van der Waals surface area contributed by atoms with E-state index in [0.717, 1.165) is 17.5 Å². The first-order valence-corrected chi connectivity index (χ1v) is 8.28. The minimum atomic E-state index is -0.228. The Morgan fingerprint density at radius 2 is 1.81 bits per heavy atom. The molecule has 1 heterocycles. The summed E-state index contributed by atoms with van der Waals surface area (Å²) < 4.78 is 10.7. The lowest BCUT2D eigenvalue weighted by atomic mass is 9.92. The fourth-order valence-corrected chi connectivity index (χ4v) is 3.32. The van der Waals surface area contributed by atoms with Crippen LogP contribution in [-0.2, 0) is 6.42 Å². The van der Waals surface area contributed by atoms with Gasteiger partial charge in [0, 0.05) is 12.1 Å². The van der Waals surface area contributed by atoms with E-state index < -0.39 is 0 Å². The van der Waals surface area contributed by atoms with Crippen LogP contribution < -0.4 is 14.7 Å². The van der Waals surface area contributed by atoms with Crippen molar-refractivity contribution in [2.24, 2.45) is 0 Å². The van der Waals surface area contributed by atoms with E-state index in [9.17, 15) is 10.0 Å². The van der Waals surface area contributed by atoms with Crippen LogP contribution in [0.5, 0.6) is 11.5 Å². The van der Waals surface area contributed by atoms with Crippen LogP contribution in [0.2, 0.25) is 0 Å². The van der Waals surface area contributed by atoms with Crippen LogP contribution in [0.15, 0.2) is 36.4 Å². The first kappa shape index (κ1) is 18.0. The van der Waals surface area contributed by atoms with E-state index in [2.05, 4.69) is 0 Å². The molecule has 0 aromatic heterocycles. The van der Waals surface area contributed by atoms with Gasteiger partial charge in [0.05, 0.1) is 25.9 Å². The Bertz CT molecular complexity index is 804. The van der Waals surface area contributed by atoms with Gasteiger partial charge in [0.15, 0.2) is 11.5 Å². The molecule has 138 valence electrons. The van der Waals surface area contributed by atoms with Gasteiger partial charge in [-0.05, 0) is 60.9 Å². The van der Waals surface area contributed by atoms with E-state index in [4.69, 9.17) is 14.7 Å². The molecule has 1 atom stereocenters. The fourth-order valence-electron chi connectivity index (χ4n) is 3.32. The lowest BCUT2D eigenvalue weighted by molar-refractivity contribution is 0.0677. The predicted molar refractivity (Wildman–Crippen MR) is 96.8 cm³/mol. The molecule has 0 saturated heterocycles. The van der Waals surface area contributed by atoms with Gasteiger partial charge in [-0.15, -0.1) is 0 Å². The van der Waals surface area contributed by atoms with Gasteiger partial charge in [-0.25, -0.2) is 0 Å². The molecular weight excluding hydrogens is 336 g/mol. The largest absolute Gasteiger partial charge is 0.733 e. The Hall–Kier alpha value is -2.77. The Kier molecular flexibility index (Phi) is 5.01. The fraction of sp³-hybridized carbons (Fsp3) is 0.316. The van der Waals surface area contributed by atoms with E-state index in [1.807, 2.05) is 19.1 Å². The molecule has 1 N–H and O–H groups in total. The number of rotatable bonds is 4. The zero-order valence-corrected chi connectivity index (χ0v) is 14.9. The summed E-state index contributed by atoms with van der Waals surface area (Å²) in [4.78, 5) is 14.7. The Morgan fingerprint density at radius 3 is 2.38 bits per heavy atom. The van der Waals surface area contributed by atoms with Gasteiger partial charge >= 0.3 is 0 Å². The van der Waals surface area contributed by atoms with Crippen LogP contribution in [0.1, 0.15) is 34.5 Å². The highest BCUT2D eigenvalue weighted by molar-refractivity contribution is 5.95. The van der Waals surface area contributed by atoms with Crippen molar-refractivity contribution in [1.29, 1.82) is 0 Å². The molecule has 0 radical (unpaired) electrons. The monoisotopic (exact) mass is 357 g/mol. The minimum absolute atomic E-state index is 0.0791. The summed E-state index contributed by atoms with van der Waals surface area (Å²) in [6.07, 6.45) is 0.717. The highest BCUT2D eigenvalue weighted by Gasteiger charge is 2.29. The number of amides is 1. The molecule has 2 aromatic rings. The maximum Gasteiger partial charge on any atom is 0.254 e. The SMILES string of the molecule is COc1cc2c(cc1OC)[C@H](C)N(C(=O)c1ccc(N([O-])O)cc1)CC2. The predicted octanol–water partition coefficient (Wildman–Crippen LogP) is 3.16. The lowest BCUT2D eigenvalue weighted by Crippen LogP contribution is -2.38. The summed E-state index contributed by atoms with van der Waals surface area (Å²) in [5.41, 5.74) is 2.71. The van der Waals surface area contributed by atoms with Crippen LogP contribution in [0.25, 0.3) is 0 Å². The quantitative estimate of drug-likeness (QED) is 0.846. The summed E-state index contributed by atoms with van der Waals surface area (Å²) in [5, 5.41) is 19.6. The highest BCUT2D eigenvalue weighted by atomic mass is 16.8. The number of anilines is 1. The normalized spacial score (nSPS) is 16.0. The molecule has 0 aliphatic carbocycles. The van der Waals surface area contributed by atoms with Crippen molar-refractivity contribution in [1.82, 2.24) is 4.90 Å².